The fourth-order valence-corrected chi connectivity index (χ4v) is 3.47. The molecule has 0 saturated heterocycles. The van der Waals surface area contributed by atoms with Gasteiger partial charge >= 0.3 is 0 Å². The fourth-order valence-electron chi connectivity index (χ4n) is 3.35. The number of halogens is 1. The van der Waals surface area contributed by atoms with Crippen LogP contribution in [0, 0.1) is 0 Å². The molecule has 3 aromatic rings. The van der Waals surface area contributed by atoms with Crippen molar-refractivity contribution in [3.05, 3.63) is 98.4 Å². The molecule has 0 unspecified atom stereocenters. The van der Waals surface area contributed by atoms with Crippen molar-refractivity contribution in [1.82, 2.24) is 9.88 Å². The molecule has 2 aromatic carbocycles. The smallest absolute Gasteiger partial charge is 0.251 e. The highest BCUT2D eigenvalue weighted by Gasteiger charge is 2.07. The second-order valence-corrected chi connectivity index (χ2v) is 8.40. The number of aromatic nitrogens is 1. The van der Waals surface area contributed by atoms with Gasteiger partial charge in [-0.05, 0) is 60.7 Å². The molecule has 32 heavy (non-hydrogen) atoms. The van der Waals surface area contributed by atoms with Gasteiger partial charge in [0, 0.05) is 42.0 Å². The van der Waals surface area contributed by atoms with E-state index in [0.717, 1.165) is 47.4 Å². The molecule has 1 atom stereocenters. The predicted molar refractivity (Wildman–Crippen MR) is 134 cm³/mol. The van der Waals surface area contributed by atoms with E-state index in [1.54, 1.807) is 17.7 Å². The van der Waals surface area contributed by atoms with Gasteiger partial charge in [0.25, 0.3) is 5.56 Å². The lowest BCUT2D eigenvalue weighted by atomic mass is 10.1. The molecule has 0 fully saturated rings. The first kappa shape index (κ1) is 23.8. The Morgan fingerprint density at radius 3 is 2.50 bits per heavy atom. The summed E-state index contributed by atoms with van der Waals surface area (Å²) in [5, 5.41) is 4.21. The number of hydrogen-bond donors (Lipinski definition) is 1. The Kier molecular flexibility index (Phi) is 8.72. The Hall–Kier alpha value is -2.82. The van der Waals surface area contributed by atoms with E-state index >= 15 is 0 Å². The molecule has 0 bridgehead atoms. The summed E-state index contributed by atoms with van der Waals surface area (Å²) >= 11 is 5.92. The zero-order chi connectivity index (χ0) is 22.9. The average Bonchev–Trinajstić information content (AvgIpc) is 2.81. The molecular weight excluding hydrogens is 420 g/mol. The molecule has 1 aromatic heterocycles. The van der Waals surface area contributed by atoms with Crippen LogP contribution in [0.4, 0.5) is 0 Å². The highest BCUT2D eigenvalue weighted by atomic mass is 35.5. The quantitative estimate of drug-likeness (QED) is 0.423. The zero-order valence-electron chi connectivity index (χ0n) is 19.0. The Balaban J connectivity index is 1.62. The molecular formula is C27H31ClN2O2. The molecule has 0 amide bonds. The van der Waals surface area contributed by atoms with Crippen molar-refractivity contribution in [3.8, 4) is 5.75 Å². The minimum atomic E-state index is -0.00963. The van der Waals surface area contributed by atoms with Crippen LogP contribution in [0.3, 0.4) is 0 Å². The van der Waals surface area contributed by atoms with Crippen molar-refractivity contribution in [2.45, 2.75) is 45.8 Å². The largest absolute Gasteiger partial charge is 0.496 e. The lowest BCUT2D eigenvalue weighted by Gasteiger charge is -2.15. The summed E-state index contributed by atoms with van der Waals surface area (Å²) in [5.74, 6) is 0.883. The van der Waals surface area contributed by atoms with Gasteiger partial charge < -0.3 is 14.6 Å². The van der Waals surface area contributed by atoms with Gasteiger partial charge in [-0.25, -0.2) is 0 Å². The normalized spacial score (nSPS) is 12.2. The van der Waals surface area contributed by atoms with Crippen molar-refractivity contribution >= 4 is 23.8 Å². The number of hydrogen-bond acceptors (Lipinski definition) is 3. The van der Waals surface area contributed by atoms with Gasteiger partial charge in [0.05, 0.1) is 7.11 Å². The van der Waals surface area contributed by atoms with Crippen LogP contribution in [0.5, 0.6) is 5.75 Å². The number of rotatable bonds is 10. The van der Waals surface area contributed by atoms with Crippen LogP contribution in [-0.4, -0.2) is 17.7 Å². The third-order valence-electron chi connectivity index (χ3n) is 5.60. The minimum Gasteiger partial charge on any atom is -0.496 e. The van der Waals surface area contributed by atoms with Crippen LogP contribution >= 0.6 is 11.6 Å². The first-order chi connectivity index (χ1) is 15.5. The second kappa shape index (κ2) is 11.7. The van der Waals surface area contributed by atoms with Gasteiger partial charge in [-0.15, -0.1) is 0 Å². The van der Waals surface area contributed by atoms with Gasteiger partial charge in [0.2, 0.25) is 0 Å². The second-order valence-electron chi connectivity index (χ2n) is 7.96. The Bertz CT molecular complexity index is 1100. The van der Waals surface area contributed by atoms with Gasteiger partial charge in [0.1, 0.15) is 5.75 Å². The summed E-state index contributed by atoms with van der Waals surface area (Å²) in [5.41, 5.74) is 4.19. The lowest BCUT2D eigenvalue weighted by Crippen LogP contribution is -2.24. The van der Waals surface area contributed by atoms with Crippen LogP contribution in [0.25, 0.3) is 12.2 Å². The van der Waals surface area contributed by atoms with E-state index in [2.05, 4.69) is 37.4 Å². The van der Waals surface area contributed by atoms with Gasteiger partial charge in [-0.1, -0.05) is 54.9 Å². The summed E-state index contributed by atoms with van der Waals surface area (Å²) in [6, 6.07) is 18.0. The van der Waals surface area contributed by atoms with E-state index in [1.807, 2.05) is 48.7 Å². The van der Waals surface area contributed by atoms with Crippen LogP contribution in [0.2, 0.25) is 5.02 Å². The molecule has 4 nitrogen and oxygen atoms in total. The molecule has 3 rings (SSSR count). The van der Waals surface area contributed by atoms with Crippen LogP contribution in [0.1, 0.15) is 42.5 Å². The summed E-state index contributed by atoms with van der Waals surface area (Å²) in [6.45, 7) is 5.75. The Labute approximate surface area is 195 Å². The molecule has 168 valence electrons. The van der Waals surface area contributed by atoms with E-state index in [1.165, 1.54) is 0 Å². The van der Waals surface area contributed by atoms with Crippen LogP contribution in [0.15, 0.2) is 65.6 Å². The van der Waals surface area contributed by atoms with Crippen molar-refractivity contribution in [2.24, 2.45) is 0 Å². The summed E-state index contributed by atoms with van der Waals surface area (Å²) in [6.07, 6.45) is 7.61. The molecule has 1 heterocycles. The van der Waals surface area contributed by atoms with Crippen molar-refractivity contribution in [1.29, 1.82) is 0 Å². The maximum atomic E-state index is 12.6. The van der Waals surface area contributed by atoms with Crippen molar-refractivity contribution in [2.75, 3.05) is 7.11 Å². The van der Waals surface area contributed by atoms with E-state index in [4.69, 9.17) is 16.3 Å². The molecule has 1 N–H and O–H groups in total. The van der Waals surface area contributed by atoms with Gasteiger partial charge in [-0.3, -0.25) is 4.79 Å². The molecule has 0 aliphatic heterocycles. The molecule has 0 aliphatic rings. The fraction of sp³-hybridized carbons (Fsp3) is 0.296. The lowest BCUT2D eigenvalue weighted by molar-refractivity contribution is 0.404. The highest BCUT2D eigenvalue weighted by molar-refractivity contribution is 6.30. The predicted octanol–water partition coefficient (Wildman–Crippen LogP) is 5.81. The molecule has 0 spiro atoms. The van der Waals surface area contributed by atoms with Gasteiger partial charge in [-0.2, -0.15) is 0 Å². The first-order valence-corrected chi connectivity index (χ1v) is 11.4. The van der Waals surface area contributed by atoms with Crippen molar-refractivity contribution < 1.29 is 4.74 Å². The summed E-state index contributed by atoms with van der Waals surface area (Å²) in [7, 11) is 1.70. The number of nitrogens with one attached hydrogen (secondary N) is 1. The third-order valence-corrected chi connectivity index (χ3v) is 5.86. The standard InChI is InChI=1S/C27H31ClN2O2/c1-4-20(2)29-19-24-10-7-22(17-26(24)32-3)13-15-30-16-14-23(18-27(30)31)6-5-21-8-11-25(28)12-9-21/h5-12,14,16-18,20,29H,4,13,15,19H2,1-3H3/b6-5+/t20-/m0/s1. The number of pyridine rings is 1. The maximum Gasteiger partial charge on any atom is 0.251 e. The third kappa shape index (κ3) is 6.84. The van der Waals surface area contributed by atoms with Crippen LogP contribution in [-0.2, 0) is 19.5 Å². The average molecular weight is 451 g/mol. The van der Waals surface area contributed by atoms with E-state index < -0.39 is 0 Å². The zero-order valence-corrected chi connectivity index (χ0v) is 19.7. The maximum absolute atomic E-state index is 12.6. The topological polar surface area (TPSA) is 43.3 Å². The molecule has 0 saturated carbocycles. The molecule has 0 radical (unpaired) electrons. The molecule has 5 heteroatoms. The summed E-state index contributed by atoms with van der Waals surface area (Å²) in [4.78, 5) is 12.6. The van der Waals surface area contributed by atoms with E-state index in [9.17, 15) is 4.79 Å². The van der Waals surface area contributed by atoms with Crippen LogP contribution < -0.4 is 15.6 Å². The van der Waals surface area contributed by atoms with E-state index in [0.29, 0.717) is 17.6 Å². The number of benzene rings is 2. The number of ether oxygens (including phenoxy) is 1. The number of methoxy groups -OCH3 is 1. The Morgan fingerprint density at radius 1 is 1.06 bits per heavy atom. The van der Waals surface area contributed by atoms with E-state index in [-0.39, 0.29) is 5.56 Å². The summed E-state index contributed by atoms with van der Waals surface area (Å²) < 4.78 is 7.33. The van der Waals surface area contributed by atoms with Crippen molar-refractivity contribution in [3.63, 3.8) is 0 Å². The highest BCUT2D eigenvalue weighted by Crippen LogP contribution is 2.21. The number of nitrogens with zero attached hydrogens (tertiary/aromatic N) is 1. The SMILES string of the molecule is CC[C@H](C)NCc1ccc(CCn2ccc(/C=C/c3ccc(Cl)cc3)cc2=O)cc1OC. The monoisotopic (exact) mass is 450 g/mol. The molecule has 0 aliphatic carbocycles. The minimum absolute atomic E-state index is 0.00963. The van der Waals surface area contributed by atoms with Gasteiger partial charge in [0.15, 0.2) is 0 Å². The number of aryl methyl sites for hydroxylation is 2. The first-order valence-electron chi connectivity index (χ1n) is 11.0. The Morgan fingerprint density at radius 2 is 1.81 bits per heavy atom.